The molecule has 1 N–H and O–H groups in total. The highest BCUT2D eigenvalue weighted by molar-refractivity contribution is 6.09. The van der Waals surface area contributed by atoms with Gasteiger partial charge in [-0.15, -0.1) is 0 Å². The number of methoxy groups -OCH3 is 1. The van der Waals surface area contributed by atoms with E-state index >= 15 is 0 Å². The lowest BCUT2D eigenvalue weighted by Crippen LogP contribution is -2.45. The minimum absolute atomic E-state index is 0.205. The molecule has 1 aromatic rings. The summed E-state index contributed by atoms with van der Waals surface area (Å²) in [5, 5.41) is 2.80. The summed E-state index contributed by atoms with van der Waals surface area (Å²) in [4.78, 5) is 41.0. The number of benzene rings is 1. The maximum Gasteiger partial charge on any atom is 0.325 e. The van der Waals surface area contributed by atoms with Crippen LogP contribution in [0.25, 0.3) is 0 Å². The molecule has 1 fully saturated rings. The van der Waals surface area contributed by atoms with Crippen LogP contribution >= 0.6 is 0 Å². The first-order valence-corrected chi connectivity index (χ1v) is 9.49. The molecule has 1 heterocycles. The Morgan fingerprint density at radius 1 is 1.11 bits per heavy atom. The lowest BCUT2D eigenvalue weighted by molar-refractivity contribution is -0.139. The standard InChI is InChI=1S/C20H29N3O4/c1-5-12-22(13-6-2)17(24)14-23-18(25)20(7-3,21-19(23)26)15-8-10-16(27-4)11-9-15/h8-11H,5-7,12-14H2,1-4H3,(H,21,26)/t20-/m1/s1. The lowest BCUT2D eigenvalue weighted by atomic mass is 9.87. The molecule has 7 heteroatoms. The second-order valence-corrected chi connectivity index (χ2v) is 6.69. The van der Waals surface area contributed by atoms with Crippen molar-refractivity contribution in [3.05, 3.63) is 29.8 Å². The molecule has 1 atom stereocenters. The topological polar surface area (TPSA) is 79.0 Å². The van der Waals surface area contributed by atoms with E-state index in [2.05, 4.69) is 5.32 Å². The molecule has 0 bridgehead atoms. The number of nitrogens with one attached hydrogen (secondary N) is 1. The van der Waals surface area contributed by atoms with Crippen LogP contribution < -0.4 is 10.1 Å². The molecule has 148 valence electrons. The van der Waals surface area contributed by atoms with E-state index in [1.807, 2.05) is 20.8 Å². The number of rotatable bonds is 9. The number of carbonyl (C=O) groups is 3. The summed E-state index contributed by atoms with van der Waals surface area (Å²) in [6, 6.07) is 6.52. The maximum absolute atomic E-state index is 13.1. The zero-order chi connectivity index (χ0) is 20.0. The van der Waals surface area contributed by atoms with Gasteiger partial charge in [0.15, 0.2) is 0 Å². The van der Waals surface area contributed by atoms with Crippen LogP contribution in [0.3, 0.4) is 0 Å². The van der Waals surface area contributed by atoms with E-state index in [-0.39, 0.29) is 18.4 Å². The van der Waals surface area contributed by atoms with Gasteiger partial charge in [0.1, 0.15) is 17.8 Å². The van der Waals surface area contributed by atoms with Gasteiger partial charge in [0.25, 0.3) is 5.91 Å². The Kier molecular flexibility index (Phi) is 6.82. The molecule has 1 aliphatic rings. The average Bonchev–Trinajstić information content (AvgIpc) is 2.93. The zero-order valence-electron chi connectivity index (χ0n) is 16.6. The van der Waals surface area contributed by atoms with Crippen molar-refractivity contribution in [1.29, 1.82) is 0 Å². The minimum atomic E-state index is -1.15. The SMILES string of the molecule is CCCN(CCC)C(=O)CN1C(=O)N[C@](CC)(c2ccc(OC)cc2)C1=O. The molecule has 0 radical (unpaired) electrons. The van der Waals surface area contributed by atoms with E-state index in [0.717, 1.165) is 17.7 Å². The summed E-state index contributed by atoms with van der Waals surface area (Å²) in [5.74, 6) is 0.0777. The molecule has 1 aromatic carbocycles. The monoisotopic (exact) mass is 375 g/mol. The van der Waals surface area contributed by atoms with E-state index in [4.69, 9.17) is 4.74 Å². The number of carbonyl (C=O) groups excluding carboxylic acids is 3. The molecule has 27 heavy (non-hydrogen) atoms. The second-order valence-electron chi connectivity index (χ2n) is 6.69. The van der Waals surface area contributed by atoms with Crippen LogP contribution in [0, 0.1) is 0 Å². The highest BCUT2D eigenvalue weighted by Crippen LogP contribution is 2.33. The second kappa shape index (κ2) is 8.88. The van der Waals surface area contributed by atoms with Gasteiger partial charge in [-0.1, -0.05) is 32.9 Å². The number of nitrogens with zero attached hydrogens (tertiary/aromatic N) is 2. The van der Waals surface area contributed by atoms with Crippen molar-refractivity contribution in [3.8, 4) is 5.75 Å². The Labute approximate surface area is 160 Å². The molecule has 1 aliphatic heterocycles. The van der Waals surface area contributed by atoms with Crippen molar-refractivity contribution in [2.45, 2.75) is 45.6 Å². The molecule has 0 aromatic heterocycles. The third kappa shape index (κ3) is 4.07. The largest absolute Gasteiger partial charge is 0.497 e. The van der Waals surface area contributed by atoms with Gasteiger partial charge in [0.05, 0.1) is 7.11 Å². The summed E-state index contributed by atoms with van der Waals surface area (Å²) < 4.78 is 5.16. The lowest BCUT2D eigenvalue weighted by Gasteiger charge is -2.27. The smallest absolute Gasteiger partial charge is 0.325 e. The molecule has 0 spiro atoms. The number of ether oxygens (including phenoxy) is 1. The van der Waals surface area contributed by atoms with E-state index in [9.17, 15) is 14.4 Å². The van der Waals surface area contributed by atoms with Crippen molar-refractivity contribution >= 4 is 17.8 Å². The van der Waals surface area contributed by atoms with Gasteiger partial charge in [-0.2, -0.15) is 0 Å². The van der Waals surface area contributed by atoms with Crippen LogP contribution in [0.1, 0.15) is 45.6 Å². The van der Waals surface area contributed by atoms with E-state index in [1.54, 1.807) is 36.3 Å². The molecule has 0 aliphatic carbocycles. The first-order chi connectivity index (χ1) is 12.9. The predicted octanol–water partition coefficient (Wildman–Crippen LogP) is 2.50. The first kappa shape index (κ1) is 20.7. The van der Waals surface area contributed by atoms with Crippen LogP contribution in [0.2, 0.25) is 0 Å². The number of amides is 4. The van der Waals surface area contributed by atoms with E-state index in [1.165, 1.54) is 0 Å². The number of hydrogen-bond donors (Lipinski definition) is 1. The Bertz CT molecular complexity index is 683. The van der Waals surface area contributed by atoms with Crippen molar-refractivity contribution in [2.24, 2.45) is 0 Å². The first-order valence-electron chi connectivity index (χ1n) is 9.49. The van der Waals surface area contributed by atoms with Crippen molar-refractivity contribution in [1.82, 2.24) is 15.1 Å². The zero-order valence-corrected chi connectivity index (χ0v) is 16.6. The van der Waals surface area contributed by atoms with Crippen molar-refractivity contribution in [3.63, 3.8) is 0 Å². The quantitative estimate of drug-likeness (QED) is 0.673. The van der Waals surface area contributed by atoms with Gasteiger partial charge < -0.3 is 15.0 Å². The van der Waals surface area contributed by atoms with E-state index in [0.29, 0.717) is 30.8 Å². The van der Waals surface area contributed by atoms with Gasteiger partial charge in [0, 0.05) is 13.1 Å². The summed E-state index contributed by atoms with van der Waals surface area (Å²) >= 11 is 0. The number of imide groups is 1. The molecule has 7 nitrogen and oxygen atoms in total. The minimum Gasteiger partial charge on any atom is -0.497 e. The molecular weight excluding hydrogens is 346 g/mol. The summed E-state index contributed by atoms with van der Waals surface area (Å²) in [6.45, 7) is 6.84. The van der Waals surface area contributed by atoms with Crippen molar-refractivity contribution in [2.75, 3.05) is 26.7 Å². The van der Waals surface area contributed by atoms with Gasteiger partial charge in [0.2, 0.25) is 5.91 Å². The Morgan fingerprint density at radius 3 is 2.19 bits per heavy atom. The fourth-order valence-corrected chi connectivity index (χ4v) is 3.42. The summed E-state index contributed by atoms with van der Waals surface area (Å²) in [7, 11) is 1.57. The fourth-order valence-electron chi connectivity index (χ4n) is 3.42. The van der Waals surface area contributed by atoms with Gasteiger partial charge in [-0.25, -0.2) is 4.79 Å². The molecule has 0 saturated carbocycles. The summed E-state index contributed by atoms with van der Waals surface area (Å²) in [5.41, 5.74) is -0.470. The van der Waals surface area contributed by atoms with Gasteiger partial charge >= 0.3 is 6.03 Å². The fraction of sp³-hybridized carbons (Fsp3) is 0.550. The normalized spacial score (nSPS) is 19.2. The average molecular weight is 375 g/mol. The Morgan fingerprint density at radius 2 is 1.70 bits per heavy atom. The van der Waals surface area contributed by atoms with Crippen LogP contribution in [0.4, 0.5) is 4.79 Å². The third-order valence-electron chi connectivity index (χ3n) is 4.92. The molecule has 1 saturated heterocycles. The Balaban J connectivity index is 2.24. The predicted molar refractivity (Wildman–Crippen MR) is 102 cm³/mol. The molecule has 2 rings (SSSR count). The van der Waals surface area contributed by atoms with Crippen molar-refractivity contribution < 1.29 is 19.1 Å². The van der Waals surface area contributed by atoms with E-state index < -0.39 is 11.6 Å². The molecular formula is C20H29N3O4. The van der Waals surface area contributed by atoms with Gasteiger partial charge in [-0.3, -0.25) is 14.5 Å². The number of urea groups is 1. The molecule has 0 unspecified atom stereocenters. The van der Waals surface area contributed by atoms with Gasteiger partial charge in [-0.05, 0) is 37.0 Å². The maximum atomic E-state index is 13.1. The molecule has 4 amide bonds. The van der Waals surface area contributed by atoms with Crippen LogP contribution in [0.5, 0.6) is 5.75 Å². The third-order valence-corrected chi connectivity index (χ3v) is 4.92. The van der Waals surface area contributed by atoms with Crippen LogP contribution in [-0.2, 0) is 15.1 Å². The highest BCUT2D eigenvalue weighted by atomic mass is 16.5. The Hall–Kier alpha value is -2.57. The summed E-state index contributed by atoms with van der Waals surface area (Å²) in [6.07, 6.45) is 2.05. The van der Waals surface area contributed by atoms with Crippen LogP contribution in [0.15, 0.2) is 24.3 Å². The highest BCUT2D eigenvalue weighted by Gasteiger charge is 2.51. The van der Waals surface area contributed by atoms with Crippen LogP contribution in [-0.4, -0.2) is 54.4 Å². The number of hydrogen-bond acceptors (Lipinski definition) is 4.